The minimum absolute atomic E-state index is 0.0296. The van der Waals surface area contributed by atoms with Gasteiger partial charge in [-0.3, -0.25) is 4.79 Å². The molecule has 3 heterocycles. The van der Waals surface area contributed by atoms with Gasteiger partial charge in [-0.2, -0.15) is 0 Å². The van der Waals surface area contributed by atoms with E-state index in [1.807, 2.05) is 36.1 Å². The zero-order valence-electron chi connectivity index (χ0n) is 15.5. The summed E-state index contributed by atoms with van der Waals surface area (Å²) in [5.41, 5.74) is 2.74. The van der Waals surface area contributed by atoms with Crippen LogP contribution in [-0.2, 0) is 6.42 Å². The van der Waals surface area contributed by atoms with Crippen molar-refractivity contribution >= 4 is 17.4 Å². The number of likely N-dealkylation sites (N-methyl/N-ethyl adjacent to an activating group) is 1. The highest BCUT2D eigenvalue weighted by atomic mass is 16.2. The van der Waals surface area contributed by atoms with Gasteiger partial charge in [0.25, 0.3) is 5.91 Å². The molecule has 136 valence electrons. The Balaban J connectivity index is 1.63. The summed E-state index contributed by atoms with van der Waals surface area (Å²) >= 11 is 0. The summed E-state index contributed by atoms with van der Waals surface area (Å²) in [4.78, 5) is 28.7. The van der Waals surface area contributed by atoms with Crippen molar-refractivity contribution in [1.29, 1.82) is 0 Å². The normalized spacial score (nSPS) is 17.9. The van der Waals surface area contributed by atoms with E-state index in [1.54, 1.807) is 0 Å². The van der Waals surface area contributed by atoms with Crippen molar-refractivity contribution in [1.82, 2.24) is 14.9 Å². The molecule has 0 unspecified atom stereocenters. The molecule has 26 heavy (non-hydrogen) atoms. The molecule has 0 aliphatic carbocycles. The number of fused-ring (bicyclic) bond motifs is 1. The summed E-state index contributed by atoms with van der Waals surface area (Å²) < 4.78 is 0. The summed E-state index contributed by atoms with van der Waals surface area (Å²) in [6.07, 6.45) is 2.01. The molecule has 1 fully saturated rings. The van der Waals surface area contributed by atoms with E-state index in [1.165, 1.54) is 5.56 Å². The van der Waals surface area contributed by atoms with Gasteiger partial charge < -0.3 is 14.7 Å². The highest BCUT2D eigenvalue weighted by Crippen LogP contribution is 2.28. The van der Waals surface area contributed by atoms with Crippen molar-refractivity contribution in [3.05, 3.63) is 47.4 Å². The Morgan fingerprint density at radius 2 is 1.81 bits per heavy atom. The molecule has 1 aromatic carbocycles. The Morgan fingerprint density at radius 3 is 2.62 bits per heavy atom. The van der Waals surface area contributed by atoms with Crippen LogP contribution in [0.5, 0.6) is 0 Å². The van der Waals surface area contributed by atoms with Gasteiger partial charge in [-0.15, -0.1) is 0 Å². The van der Waals surface area contributed by atoms with E-state index < -0.39 is 0 Å². The molecule has 6 heteroatoms. The van der Waals surface area contributed by atoms with Gasteiger partial charge in [0.1, 0.15) is 17.3 Å². The molecule has 2 aliphatic heterocycles. The molecule has 1 amide bonds. The predicted octanol–water partition coefficient (Wildman–Crippen LogP) is 2.13. The molecule has 0 N–H and O–H groups in total. The fourth-order valence-electron chi connectivity index (χ4n) is 3.74. The standard InChI is InChI=1S/C20H25N5O/c1-15-21-17(14-19(22-15)24-12-10-23(2)11-13-24)20(26)25-9-5-7-16-6-3-4-8-18(16)25/h3-4,6,8,14H,5,7,9-13H2,1-2H3. The van der Waals surface area contributed by atoms with Gasteiger partial charge in [-0.25, -0.2) is 9.97 Å². The number of para-hydroxylation sites is 1. The van der Waals surface area contributed by atoms with E-state index in [-0.39, 0.29) is 5.91 Å². The van der Waals surface area contributed by atoms with Crippen LogP contribution in [0.1, 0.15) is 28.3 Å². The third-order valence-corrected chi connectivity index (χ3v) is 5.23. The number of rotatable bonds is 2. The highest BCUT2D eigenvalue weighted by molar-refractivity contribution is 6.05. The number of amides is 1. The first-order chi connectivity index (χ1) is 12.6. The van der Waals surface area contributed by atoms with Crippen LogP contribution in [0.15, 0.2) is 30.3 Å². The van der Waals surface area contributed by atoms with Crippen LogP contribution in [0.3, 0.4) is 0 Å². The first-order valence-electron chi connectivity index (χ1n) is 9.31. The molecule has 0 radical (unpaired) electrons. The number of aryl methyl sites for hydroxylation is 2. The average molecular weight is 351 g/mol. The summed E-state index contributed by atoms with van der Waals surface area (Å²) in [5, 5.41) is 0. The fraction of sp³-hybridized carbons (Fsp3) is 0.450. The second-order valence-corrected chi connectivity index (χ2v) is 7.14. The van der Waals surface area contributed by atoms with Crippen LogP contribution in [0.4, 0.5) is 11.5 Å². The highest BCUT2D eigenvalue weighted by Gasteiger charge is 2.26. The molecule has 0 spiro atoms. The van der Waals surface area contributed by atoms with E-state index in [0.717, 1.165) is 57.1 Å². The first-order valence-corrected chi connectivity index (χ1v) is 9.31. The SMILES string of the molecule is Cc1nc(C(=O)N2CCCc3ccccc32)cc(N2CCN(C)CC2)n1. The minimum Gasteiger partial charge on any atom is -0.354 e. The van der Waals surface area contributed by atoms with Crippen molar-refractivity contribution in [2.45, 2.75) is 19.8 Å². The molecule has 4 rings (SSSR count). The maximum atomic E-state index is 13.2. The van der Waals surface area contributed by atoms with Crippen molar-refractivity contribution in [2.24, 2.45) is 0 Å². The lowest BCUT2D eigenvalue weighted by Crippen LogP contribution is -2.45. The van der Waals surface area contributed by atoms with Gasteiger partial charge >= 0.3 is 0 Å². The molecule has 0 atom stereocenters. The Morgan fingerprint density at radius 1 is 1.04 bits per heavy atom. The third-order valence-electron chi connectivity index (χ3n) is 5.23. The van der Waals surface area contributed by atoms with Gasteiger partial charge in [0.2, 0.25) is 0 Å². The summed E-state index contributed by atoms with van der Waals surface area (Å²) in [6.45, 7) is 6.46. The Labute approximate surface area is 154 Å². The van der Waals surface area contributed by atoms with E-state index in [9.17, 15) is 4.79 Å². The lowest BCUT2D eigenvalue weighted by Gasteiger charge is -2.33. The van der Waals surface area contributed by atoms with E-state index in [0.29, 0.717) is 11.5 Å². The zero-order chi connectivity index (χ0) is 18.1. The van der Waals surface area contributed by atoms with Crippen LogP contribution < -0.4 is 9.80 Å². The molecular weight excluding hydrogens is 326 g/mol. The van der Waals surface area contributed by atoms with Gasteiger partial charge in [-0.1, -0.05) is 18.2 Å². The Hall–Kier alpha value is -2.47. The summed E-state index contributed by atoms with van der Waals surface area (Å²) in [7, 11) is 2.13. The van der Waals surface area contributed by atoms with Crippen molar-refractivity contribution in [3.8, 4) is 0 Å². The first kappa shape index (κ1) is 17.0. The molecule has 6 nitrogen and oxygen atoms in total. The lowest BCUT2D eigenvalue weighted by molar-refractivity contribution is 0.0980. The van der Waals surface area contributed by atoms with Crippen molar-refractivity contribution in [3.63, 3.8) is 0 Å². The number of hydrogen-bond acceptors (Lipinski definition) is 5. The summed E-state index contributed by atoms with van der Waals surface area (Å²) in [6, 6.07) is 10.0. The maximum Gasteiger partial charge on any atom is 0.277 e. The number of aromatic nitrogens is 2. The van der Waals surface area contributed by atoms with Crippen molar-refractivity contribution < 1.29 is 4.79 Å². The second kappa shape index (κ2) is 7.03. The largest absolute Gasteiger partial charge is 0.354 e. The predicted molar refractivity (Wildman–Crippen MR) is 103 cm³/mol. The monoisotopic (exact) mass is 351 g/mol. The Kier molecular flexibility index (Phi) is 4.59. The van der Waals surface area contributed by atoms with E-state index in [2.05, 4.69) is 32.9 Å². The van der Waals surface area contributed by atoms with Gasteiger partial charge in [0, 0.05) is 44.5 Å². The van der Waals surface area contributed by atoms with Crippen LogP contribution in [0.2, 0.25) is 0 Å². The Bertz CT molecular complexity index is 814. The quantitative estimate of drug-likeness (QED) is 0.830. The minimum atomic E-state index is -0.0296. The molecule has 1 saturated heterocycles. The zero-order valence-corrected chi connectivity index (χ0v) is 15.5. The molecular formula is C20H25N5O. The van der Waals surface area contributed by atoms with Crippen LogP contribution in [0, 0.1) is 6.92 Å². The number of nitrogens with zero attached hydrogens (tertiary/aromatic N) is 5. The number of anilines is 2. The third kappa shape index (κ3) is 3.29. The van der Waals surface area contributed by atoms with E-state index >= 15 is 0 Å². The van der Waals surface area contributed by atoms with Crippen LogP contribution in [0.25, 0.3) is 0 Å². The average Bonchev–Trinajstić information content (AvgIpc) is 2.67. The van der Waals surface area contributed by atoms with Crippen LogP contribution >= 0.6 is 0 Å². The molecule has 0 saturated carbocycles. The fourth-order valence-corrected chi connectivity index (χ4v) is 3.74. The topological polar surface area (TPSA) is 52.6 Å². The lowest BCUT2D eigenvalue weighted by atomic mass is 10.0. The second-order valence-electron chi connectivity index (χ2n) is 7.14. The summed E-state index contributed by atoms with van der Waals surface area (Å²) in [5.74, 6) is 1.48. The molecule has 2 aromatic rings. The number of carbonyl (C=O) groups is 1. The van der Waals surface area contributed by atoms with E-state index in [4.69, 9.17) is 0 Å². The maximum absolute atomic E-state index is 13.2. The number of piperazine rings is 1. The molecule has 1 aromatic heterocycles. The van der Waals surface area contributed by atoms with Gasteiger partial charge in [-0.05, 0) is 38.4 Å². The number of hydrogen-bond donors (Lipinski definition) is 0. The van der Waals surface area contributed by atoms with Crippen LogP contribution in [-0.4, -0.2) is 60.5 Å². The number of carbonyl (C=O) groups excluding carboxylic acids is 1. The molecule has 0 bridgehead atoms. The molecule has 2 aliphatic rings. The van der Waals surface area contributed by atoms with Gasteiger partial charge in [0.05, 0.1) is 0 Å². The number of benzene rings is 1. The van der Waals surface area contributed by atoms with Crippen molar-refractivity contribution in [2.75, 3.05) is 49.6 Å². The smallest absolute Gasteiger partial charge is 0.277 e. The van der Waals surface area contributed by atoms with Gasteiger partial charge in [0.15, 0.2) is 0 Å².